The lowest BCUT2D eigenvalue weighted by molar-refractivity contribution is -0.142. The standard InChI is InChI=1S/C15H19NO5/c1-5-8-21-14(19)16-11-7-6-10(9-12(11)20-4)15(2,3)13(17)18/h5-7,9H,1,8H2,2-4H3,(H,16,19)(H,17,18). The molecule has 0 heterocycles. The van der Waals surface area contributed by atoms with Crippen molar-refractivity contribution in [2.24, 2.45) is 0 Å². The predicted molar refractivity (Wildman–Crippen MR) is 78.8 cm³/mol. The van der Waals surface area contributed by atoms with Gasteiger partial charge < -0.3 is 14.6 Å². The van der Waals surface area contributed by atoms with Gasteiger partial charge in [0.2, 0.25) is 0 Å². The van der Waals surface area contributed by atoms with Gasteiger partial charge in [0.05, 0.1) is 18.2 Å². The molecule has 0 radical (unpaired) electrons. The summed E-state index contributed by atoms with van der Waals surface area (Å²) in [7, 11) is 1.44. The smallest absolute Gasteiger partial charge is 0.412 e. The van der Waals surface area contributed by atoms with E-state index in [-0.39, 0.29) is 6.61 Å². The van der Waals surface area contributed by atoms with Crippen molar-refractivity contribution in [2.75, 3.05) is 19.0 Å². The molecule has 114 valence electrons. The van der Waals surface area contributed by atoms with Gasteiger partial charge in [-0.3, -0.25) is 10.1 Å². The highest BCUT2D eigenvalue weighted by atomic mass is 16.5. The average molecular weight is 293 g/mol. The van der Waals surface area contributed by atoms with E-state index >= 15 is 0 Å². The zero-order chi connectivity index (χ0) is 16.0. The molecule has 0 atom stereocenters. The first-order valence-electron chi connectivity index (χ1n) is 6.29. The molecule has 0 aliphatic carbocycles. The van der Waals surface area contributed by atoms with Crippen molar-refractivity contribution in [3.63, 3.8) is 0 Å². The molecule has 0 saturated heterocycles. The quantitative estimate of drug-likeness (QED) is 0.788. The van der Waals surface area contributed by atoms with Crippen molar-refractivity contribution < 1.29 is 24.2 Å². The van der Waals surface area contributed by atoms with Gasteiger partial charge in [-0.25, -0.2) is 4.79 Å². The lowest BCUT2D eigenvalue weighted by Crippen LogP contribution is -2.28. The molecule has 0 fully saturated rings. The molecule has 1 amide bonds. The lowest BCUT2D eigenvalue weighted by atomic mass is 9.84. The number of aliphatic carboxylic acids is 1. The number of ether oxygens (including phenoxy) is 2. The van der Waals surface area contributed by atoms with Gasteiger partial charge in [-0.1, -0.05) is 18.7 Å². The van der Waals surface area contributed by atoms with Crippen LogP contribution in [0.1, 0.15) is 19.4 Å². The number of hydrogen-bond donors (Lipinski definition) is 2. The number of rotatable bonds is 6. The number of methoxy groups -OCH3 is 1. The molecule has 0 bridgehead atoms. The number of carbonyl (C=O) groups excluding carboxylic acids is 1. The number of anilines is 1. The normalized spacial score (nSPS) is 10.6. The monoisotopic (exact) mass is 293 g/mol. The van der Waals surface area contributed by atoms with Gasteiger partial charge in [-0.05, 0) is 31.5 Å². The van der Waals surface area contributed by atoms with Gasteiger partial charge in [-0.15, -0.1) is 0 Å². The zero-order valence-electron chi connectivity index (χ0n) is 12.3. The van der Waals surface area contributed by atoms with Crippen molar-refractivity contribution in [3.05, 3.63) is 36.4 Å². The largest absolute Gasteiger partial charge is 0.495 e. The van der Waals surface area contributed by atoms with Crippen LogP contribution in [-0.4, -0.2) is 30.9 Å². The molecule has 2 N–H and O–H groups in total. The van der Waals surface area contributed by atoms with Crippen LogP contribution in [-0.2, 0) is 14.9 Å². The van der Waals surface area contributed by atoms with E-state index in [1.807, 2.05) is 0 Å². The van der Waals surface area contributed by atoms with E-state index in [0.717, 1.165) is 0 Å². The summed E-state index contributed by atoms with van der Waals surface area (Å²) < 4.78 is 10.00. The maximum atomic E-state index is 11.5. The SMILES string of the molecule is C=CCOC(=O)Nc1ccc(C(C)(C)C(=O)O)cc1OC. The minimum atomic E-state index is -1.06. The molecule has 1 aromatic carbocycles. The summed E-state index contributed by atoms with van der Waals surface area (Å²) in [5, 5.41) is 11.8. The average Bonchev–Trinajstić information content (AvgIpc) is 2.45. The van der Waals surface area contributed by atoms with E-state index < -0.39 is 17.5 Å². The van der Waals surface area contributed by atoms with Crippen LogP contribution >= 0.6 is 0 Å². The van der Waals surface area contributed by atoms with Gasteiger partial charge in [-0.2, -0.15) is 0 Å². The molecule has 1 aromatic rings. The van der Waals surface area contributed by atoms with Crippen molar-refractivity contribution >= 4 is 17.7 Å². The third-order valence-electron chi connectivity index (χ3n) is 3.03. The first-order chi connectivity index (χ1) is 9.82. The van der Waals surface area contributed by atoms with E-state index in [1.165, 1.54) is 13.2 Å². The maximum absolute atomic E-state index is 11.5. The van der Waals surface area contributed by atoms with Crippen molar-refractivity contribution in [3.8, 4) is 5.75 Å². The fraction of sp³-hybridized carbons (Fsp3) is 0.333. The molecule has 0 aliphatic rings. The molecule has 0 aliphatic heterocycles. The molecular formula is C15H19NO5. The highest BCUT2D eigenvalue weighted by Crippen LogP contribution is 2.32. The number of carboxylic acid groups (broad SMARTS) is 1. The van der Waals surface area contributed by atoms with E-state index in [0.29, 0.717) is 17.0 Å². The van der Waals surface area contributed by atoms with Crippen LogP contribution < -0.4 is 10.1 Å². The Morgan fingerprint density at radius 2 is 2.10 bits per heavy atom. The Balaban J connectivity index is 3.02. The molecule has 0 saturated carbocycles. The third kappa shape index (κ3) is 3.98. The lowest BCUT2D eigenvalue weighted by Gasteiger charge is -2.21. The number of carboxylic acids is 1. The minimum absolute atomic E-state index is 0.0955. The molecule has 6 heteroatoms. The van der Waals surface area contributed by atoms with Crippen LogP contribution in [0.5, 0.6) is 5.75 Å². The fourth-order valence-corrected chi connectivity index (χ4v) is 1.59. The van der Waals surface area contributed by atoms with Gasteiger partial charge >= 0.3 is 12.1 Å². The molecule has 0 spiro atoms. The Morgan fingerprint density at radius 3 is 2.62 bits per heavy atom. The van der Waals surface area contributed by atoms with Crippen LogP contribution in [0.3, 0.4) is 0 Å². The minimum Gasteiger partial charge on any atom is -0.495 e. The van der Waals surface area contributed by atoms with Crippen LogP contribution in [0, 0.1) is 0 Å². The van der Waals surface area contributed by atoms with Crippen LogP contribution in [0.2, 0.25) is 0 Å². The van der Waals surface area contributed by atoms with Crippen molar-refractivity contribution in [1.82, 2.24) is 0 Å². The highest BCUT2D eigenvalue weighted by Gasteiger charge is 2.30. The van der Waals surface area contributed by atoms with Crippen LogP contribution in [0.4, 0.5) is 10.5 Å². The summed E-state index contributed by atoms with van der Waals surface area (Å²) in [6.45, 7) is 6.72. The number of benzene rings is 1. The molecule has 21 heavy (non-hydrogen) atoms. The van der Waals surface area contributed by atoms with Crippen molar-refractivity contribution in [1.29, 1.82) is 0 Å². The second kappa shape index (κ2) is 6.78. The summed E-state index contributed by atoms with van der Waals surface area (Å²) in [5.41, 5.74) is -0.0943. The van der Waals surface area contributed by atoms with E-state index in [2.05, 4.69) is 11.9 Å². The summed E-state index contributed by atoms with van der Waals surface area (Å²) in [4.78, 5) is 22.8. The first-order valence-corrected chi connectivity index (χ1v) is 6.29. The summed E-state index contributed by atoms with van der Waals surface area (Å²) in [6, 6.07) is 4.78. The maximum Gasteiger partial charge on any atom is 0.412 e. The Labute approximate surface area is 123 Å². The number of nitrogens with one attached hydrogen (secondary N) is 1. The second-order valence-corrected chi connectivity index (χ2v) is 4.86. The Morgan fingerprint density at radius 1 is 1.43 bits per heavy atom. The van der Waals surface area contributed by atoms with Gasteiger partial charge in [0, 0.05) is 0 Å². The molecule has 0 aromatic heterocycles. The summed E-state index contributed by atoms with van der Waals surface area (Å²) in [6.07, 6.45) is 0.813. The first kappa shape index (κ1) is 16.6. The second-order valence-electron chi connectivity index (χ2n) is 4.86. The number of hydrogen-bond acceptors (Lipinski definition) is 4. The Bertz CT molecular complexity index is 551. The summed E-state index contributed by atoms with van der Waals surface area (Å²) in [5.74, 6) is -0.590. The zero-order valence-corrected chi connectivity index (χ0v) is 12.3. The number of amides is 1. The molecule has 1 rings (SSSR count). The predicted octanol–water partition coefficient (Wildman–Crippen LogP) is 2.79. The molecule has 6 nitrogen and oxygen atoms in total. The Kier molecular flexibility index (Phi) is 5.35. The number of carbonyl (C=O) groups is 2. The molecular weight excluding hydrogens is 274 g/mol. The summed E-state index contributed by atoms with van der Waals surface area (Å²) >= 11 is 0. The van der Waals surface area contributed by atoms with Gasteiger partial charge in [0.25, 0.3) is 0 Å². The van der Waals surface area contributed by atoms with Gasteiger partial charge in [0.15, 0.2) is 0 Å². The van der Waals surface area contributed by atoms with Gasteiger partial charge in [0.1, 0.15) is 12.4 Å². The van der Waals surface area contributed by atoms with Crippen molar-refractivity contribution in [2.45, 2.75) is 19.3 Å². The van der Waals surface area contributed by atoms with E-state index in [4.69, 9.17) is 9.47 Å². The molecule has 0 unspecified atom stereocenters. The van der Waals surface area contributed by atoms with E-state index in [1.54, 1.807) is 32.0 Å². The van der Waals surface area contributed by atoms with Crippen LogP contribution in [0.15, 0.2) is 30.9 Å². The van der Waals surface area contributed by atoms with Crippen LogP contribution in [0.25, 0.3) is 0 Å². The third-order valence-corrected chi connectivity index (χ3v) is 3.03. The fourth-order valence-electron chi connectivity index (χ4n) is 1.59. The Hall–Kier alpha value is -2.50. The van der Waals surface area contributed by atoms with E-state index in [9.17, 15) is 14.7 Å². The highest BCUT2D eigenvalue weighted by molar-refractivity contribution is 5.87. The topological polar surface area (TPSA) is 84.9 Å².